The summed E-state index contributed by atoms with van der Waals surface area (Å²) < 4.78 is 16.5. The average molecular weight is 400 g/mol. The monoisotopic (exact) mass is 400 g/mol. The van der Waals surface area contributed by atoms with E-state index in [1.807, 2.05) is 29.2 Å². The molecule has 1 fully saturated rings. The number of piperidine rings is 1. The third kappa shape index (κ3) is 2.77. The molecule has 2 aliphatic rings. The molecule has 0 radical (unpaired) electrons. The molecule has 0 spiro atoms. The van der Waals surface area contributed by atoms with Crippen molar-refractivity contribution in [2.45, 2.75) is 25.1 Å². The molecule has 0 saturated carbocycles. The fourth-order valence-electron chi connectivity index (χ4n) is 4.64. The van der Waals surface area contributed by atoms with Gasteiger partial charge in [0.15, 0.2) is 0 Å². The van der Waals surface area contributed by atoms with Crippen LogP contribution in [-0.4, -0.2) is 44.2 Å². The number of pyridine rings is 1. The molecule has 0 amide bonds. The first kappa shape index (κ1) is 17.5. The highest BCUT2D eigenvalue weighted by Gasteiger charge is 2.29. The number of alkyl halides is 1. The van der Waals surface area contributed by atoms with E-state index in [-0.39, 0.29) is 6.04 Å². The molecule has 1 saturated heterocycles. The Hall–Kier alpha value is -3.32. The van der Waals surface area contributed by atoms with Crippen molar-refractivity contribution in [2.75, 3.05) is 13.1 Å². The smallest absolute Gasteiger partial charge is 0.135 e. The van der Waals surface area contributed by atoms with Gasteiger partial charge >= 0.3 is 0 Å². The van der Waals surface area contributed by atoms with Gasteiger partial charge in [-0.1, -0.05) is 18.2 Å². The number of benzene rings is 1. The molecule has 2 N–H and O–H groups in total. The van der Waals surface area contributed by atoms with Gasteiger partial charge in [-0.25, -0.2) is 4.39 Å². The normalized spacial score (nSPS) is 20.2. The summed E-state index contributed by atoms with van der Waals surface area (Å²) in [5.74, 6) is 0. The molecule has 7 heteroatoms. The minimum absolute atomic E-state index is 0.249. The van der Waals surface area contributed by atoms with E-state index in [9.17, 15) is 4.39 Å². The first-order chi connectivity index (χ1) is 14.8. The molecule has 6 rings (SSSR count). The molecule has 6 nitrogen and oxygen atoms in total. The van der Waals surface area contributed by atoms with Crippen LogP contribution in [0, 0.1) is 0 Å². The summed E-state index contributed by atoms with van der Waals surface area (Å²) in [5.41, 5.74) is 8.76. The van der Waals surface area contributed by atoms with Crippen LogP contribution in [0.4, 0.5) is 4.39 Å². The summed E-state index contributed by atoms with van der Waals surface area (Å²) in [5, 5.41) is 15.2. The van der Waals surface area contributed by atoms with Crippen LogP contribution < -0.4 is 5.32 Å². The van der Waals surface area contributed by atoms with Crippen molar-refractivity contribution in [3.8, 4) is 33.6 Å². The van der Waals surface area contributed by atoms with Crippen LogP contribution in [0.1, 0.15) is 23.6 Å². The summed E-state index contributed by atoms with van der Waals surface area (Å²) in [6, 6.07) is 10.1. The highest BCUT2D eigenvalue weighted by atomic mass is 19.1. The number of hydrogen-bond donors (Lipinski definition) is 2. The van der Waals surface area contributed by atoms with Crippen molar-refractivity contribution >= 4 is 0 Å². The molecular formula is C23H21FN6. The third-order valence-electron chi connectivity index (χ3n) is 6.18. The topological polar surface area (TPSA) is 71.4 Å². The lowest BCUT2D eigenvalue weighted by Gasteiger charge is -2.26. The SMILES string of the molecule is F[C@@H]1CNCCC1n1cc(-c2ccc3c(c2)Cc2cn[nH]c2-3)c(-c2ccncc2)n1. The van der Waals surface area contributed by atoms with Crippen molar-refractivity contribution in [2.24, 2.45) is 0 Å². The zero-order chi connectivity index (χ0) is 20.1. The van der Waals surface area contributed by atoms with Crippen molar-refractivity contribution < 1.29 is 4.39 Å². The van der Waals surface area contributed by atoms with Gasteiger partial charge in [0, 0.05) is 53.8 Å². The second kappa shape index (κ2) is 6.88. The van der Waals surface area contributed by atoms with Gasteiger partial charge < -0.3 is 5.32 Å². The number of fused-ring (bicyclic) bond motifs is 3. The number of aromatic nitrogens is 5. The first-order valence-corrected chi connectivity index (χ1v) is 10.3. The highest BCUT2D eigenvalue weighted by molar-refractivity contribution is 5.83. The van der Waals surface area contributed by atoms with Crippen molar-refractivity contribution in [1.82, 2.24) is 30.3 Å². The Labute approximate surface area is 173 Å². The lowest BCUT2D eigenvalue weighted by Crippen LogP contribution is -2.39. The molecule has 1 aliphatic heterocycles. The largest absolute Gasteiger partial charge is 0.314 e. The van der Waals surface area contributed by atoms with E-state index in [1.165, 1.54) is 16.7 Å². The summed E-state index contributed by atoms with van der Waals surface area (Å²) in [7, 11) is 0. The second-order valence-corrected chi connectivity index (χ2v) is 8.00. The summed E-state index contributed by atoms with van der Waals surface area (Å²) in [4.78, 5) is 4.13. The molecule has 3 aromatic heterocycles. The zero-order valence-corrected chi connectivity index (χ0v) is 16.3. The number of nitrogens with one attached hydrogen (secondary N) is 2. The van der Waals surface area contributed by atoms with Gasteiger partial charge in [-0.15, -0.1) is 0 Å². The first-order valence-electron chi connectivity index (χ1n) is 10.3. The van der Waals surface area contributed by atoms with Gasteiger partial charge in [-0.3, -0.25) is 14.8 Å². The Bertz CT molecular complexity index is 1210. The maximum atomic E-state index is 14.6. The minimum atomic E-state index is -0.950. The molecular weight excluding hydrogens is 379 g/mol. The average Bonchev–Trinajstić information content (AvgIpc) is 3.49. The number of H-pyrrole nitrogens is 1. The van der Waals surface area contributed by atoms with Gasteiger partial charge in [0.1, 0.15) is 11.9 Å². The lowest BCUT2D eigenvalue weighted by atomic mass is 9.98. The third-order valence-corrected chi connectivity index (χ3v) is 6.18. The Morgan fingerprint density at radius 1 is 1.03 bits per heavy atom. The summed E-state index contributed by atoms with van der Waals surface area (Å²) >= 11 is 0. The van der Waals surface area contributed by atoms with E-state index in [2.05, 4.69) is 38.7 Å². The number of hydrogen-bond acceptors (Lipinski definition) is 4. The zero-order valence-electron chi connectivity index (χ0n) is 16.3. The predicted octanol–water partition coefficient (Wildman–Crippen LogP) is 3.78. The van der Waals surface area contributed by atoms with Crippen LogP contribution in [0.2, 0.25) is 0 Å². The standard InChI is InChI=1S/C23H21FN6/c24-20-12-26-8-5-21(20)30-13-19(23(29-30)14-3-6-25-7-4-14)15-1-2-18-16(9-15)10-17-11-27-28-22(17)18/h1-4,6-7,9,11,13,20-21,26H,5,8,10,12H2,(H,27,28)/t20-,21?/m1/s1. The fraction of sp³-hybridized carbons (Fsp3) is 0.261. The molecule has 2 atom stereocenters. The maximum absolute atomic E-state index is 14.6. The van der Waals surface area contributed by atoms with Crippen LogP contribution in [0.15, 0.2) is 55.1 Å². The van der Waals surface area contributed by atoms with E-state index < -0.39 is 6.17 Å². The van der Waals surface area contributed by atoms with E-state index in [4.69, 9.17) is 5.10 Å². The maximum Gasteiger partial charge on any atom is 0.135 e. The number of aromatic amines is 1. The van der Waals surface area contributed by atoms with E-state index in [1.54, 1.807) is 12.4 Å². The van der Waals surface area contributed by atoms with Gasteiger partial charge in [0.05, 0.1) is 17.9 Å². The highest BCUT2D eigenvalue weighted by Crippen LogP contribution is 2.39. The number of halogens is 1. The van der Waals surface area contributed by atoms with Crippen LogP contribution >= 0.6 is 0 Å². The van der Waals surface area contributed by atoms with Gasteiger partial charge in [-0.2, -0.15) is 10.2 Å². The fourth-order valence-corrected chi connectivity index (χ4v) is 4.64. The molecule has 1 aliphatic carbocycles. The Kier molecular flexibility index (Phi) is 4.02. The van der Waals surface area contributed by atoms with Crippen LogP contribution in [0.5, 0.6) is 0 Å². The van der Waals surface area contributed by atoms with E-state index >= 15 is 0 Å². The van der Waals surface area contributed by atoms with Crippen LogP contribution in [0.3, 0.4) is 0 Å². The quantitative estimate of drug-likeness (QED) is 0.484. The van der Waals surface area contributed by atoms with E-state index in [0.717, 1.165) is 47.5 Å². The Balaban J connectivity index is 1.47. The van der Waals surface area contributed by atoms with Crippen LogP contribution in [0.25, 0.3) is 33.6 Å². The Morgan fingerprint density at radius 3 is 2.80 bits per heavy atom. The van der Waals surface area contributed by atoms with Gasteiger partial charge in [0.25, 0.3) is 0 Å². The molecule has 4 heterocycles. The summed E-state index contributed by atoms with van der Waals surface area (Å²) in [6.45, 7) is 1.17. The van der Waals surface area contributed by atoms with Crippen molar-refractivity contribution in [3.05, 3.63) is 66.2 Å². The molecule has 0 bridgehead atoms. The Morgan fingerprint density at radius 2 is 1.93 bits per heavy atom. The van der Waals surface area contributed by atoms with Gasteiger partial charge in [0.2, 0.25) is 0 Å². The van der Waals surface area contributed by atoms with Crippen LogP contribution in [-0.2, 0) is 6.42 Å². The molecule has 1 aromatic carbocycles. The predicted molar refractivity (Wildman–Crippen MR) is 113 cm³/mol. The van der Waals surface area contributed by atoms with Crippen molar-refractivity contribution in [1.29, 1.82) is 0 Å². The van der Waals surface area contributed by atoms with Crippen molar-refractivity contribution in [3.63, 3.8) is 0 Å². The minimum Gasteiger partial charge on any atom is -0.314 e. The second-order valence-electron chi connectivity index (χ2n) is 8.00. The summed E-state index contributed by atoms with van der Waals surface area (Å²) in [6.07, 6.45) is 8.09. The molecule has 150 valence electrons. The van der Waals surface area contributed by atoms with E-state index in [0.29, 0.717) is 6.54 Å². The molecule has 30 heavy (non-hydrogen) atoms. The molecule has 1 unspecified atom stereocenters. The number of nitrogens with zero attached hydrogens (tertiary/aromatic N) is 4. The molecule has 4 aromatic rings. The number of rotatable bonds is 3. The lowest BCUT2D eigenvalue weighted by molar-refractivity contribution is 0.173. The van der Waals surface area contributed by atoms with Gasteiger partial charge in [-0.05, 0) is 36.2 Å².